The molecule has 2 rings (SSSR count). The second-order valence-electron chi connectivity index (χ2n) is 5.05. The van der Waals surface area contributed by atoms with E-state index in [1.165, 1.54) is 30.6 Å². The van der Waals surface area contributed by atoms with E-state index < -0.39 is 0 Å². The molecule has 0 unspecified atom stereocenters. The molecule has 1 saturated carbocycles. The summed E-state index contributed by atoms with van der Waals surface area (Å²) in [5, 5.41) is 1.93. The lowest BCUT2D eigenvalue weighted by molar-refractivity contribution is 0.0652. The van der Waals surface area contributed by atoms with E-state index in [1.54, 1.807) is 0 Å². The largest absolute Gasteiger partial charge is 0.335 e. The Morgan fingerprint density at radius 2 is 2.20 bits per heavy atom. The zero-order valence-corrected chi connectivity index (χ0v) is 12.8. The van der Waals surface area contributed by atoms with Crippen LogP contribution < -0.4 is 5.73 Å². The second-order valence-corrected chi connectivity index (χ2v) is 5.97. The summed E-state index contributed by atoms with van der Waals surface area (Å²) in [4.78, 5) is 15.5. The van der Waals surface area contributed by atoms with E-state index in [9.17, 15) is 4.79 Å². The van der Waals surface area contributed by atoms with Crippen molar-refractivity contribution in [1.82, 2.24) is 4.90 Å². The van der Waals surface area contributed by atoms with E-state index in [-0.39, 0.29) is 5.91 Å². The van der Waals surface area contributed by atoms with Gasteiger partial charge in [-0.3, -0.25) is 4.79 Å². The van der Waals surface area contributed by atoms with Crippen LogP contribution in [-0.4, -0.2) is 29.9 Å². The predicted molar refractivity (Wildman–Crippen MR) is 83.8 cm³/mol. The summed E-state index contributed by atoms with van der Waals surface area (Å²) in [6.45, 7) is 3.15. The number of amides is 1. The van der Waals surface area contributed by atoms with Crippen LogP contribution in [0.4, 0.5) is 0 Å². The lowest BCUT2D eigenvalue weighted by Crippen LogP contribution is -2.41. The molecule has 0 atom stereocenters. The molecule has 0 bridgehead atoms. The van der Waals surface area contributed by atoms with Crippen LogP contribution in [0.15, 0.2) is 11.4 Å². The first-order chi connectivity index (χ1) is 9.77. The number of hydrogen-bond donors (Lipinski definition) is 1. The molecule has 1 amide bonds. The highest BCUT2D eigenvalue weighted by atomic mass is 32.1. The van der Waals surface area contributed by atoms with Crippen LogP contribution in [0.25, 0.3) is 0 Å². The Balaban J connectivity index is 2.17. The summed E-state index contributed by atoms with van der Waals surface area (Å²) in [5.41, 5.74) is 6.23. The van der Waals surface area contributed by atoms with Gasteiger partial charge in [0.05, 0.1) is 6.54 Å². The Morgan fingerprint density at radius 3 is 2.85 bits per heavy atom. The van der Waals surface area contributed by atoms with Crippen LogP contribution in [0, 0.1) is 11.8 Å². The molecule has 0 saturated heterocycles. The fourth-order valence-electron chi connectivity index (χ4n) is 2.81. The van der Waals surface area contributed by atoms with Gasteiger partial charge in [-0.15, -0.1) is 11.3 Å². The second kappa shape index (κ2) is 7.47. The first-order valence-electron chi connectivity index (χ1n) is 7.35. The maximum absolute atomic E-state index is 12.8. The molecule has 0 radical (unpaired) electrons. The van der Waals surface area contributed by atoms with Crippen LogP contribution >= 0.6 is 11.3 Å². The zero-order valence-electron chi connectivity index (χ0n) is 12.0. The summed E-state index contributed by atoms with van der Waals surface area (Å²) < 4.78 is 0. The number of thiophene rings is 1. The van der Waals surface area contributed by atoms with Crippen LogP contribution in [0.5, 0.6) is 0 Å². The lowest BCUT2D eigenvalue weighted by Gasteiger charge is -2.33. The minimum Gasteiger partial charge on any atom is -0.335 e. The van der Waals surface area contributed by atoms with Crippen molar-refractivity contribution >= 4 is 17.2 Å². The highest BCUT2D eigenvalue weighted by Crippen LogP contribution is 2.26. The van der Waals surface area contributed by atoms with E-state index in [0.29, 0.717) is 12.6 Å². The van der Waals surface area contributed by atoms with Crippen molar-refractivity contribution in [2.45, 2.75) is 45.1 Å². The van der Waals surface area contributed by atoms with Crippen molar-refractivity contribution in [3.05, 3.63) is 21.9 Å². The minimum atomic E-state index is 0.135. The minimum absolute atomic E-state index is 0.135. The smallest absolute Gasteiger partial charge is 0.265 e. The van der Waals surface area contributed by atoms with Crippen molar-refractivity contribution in [3.8, 4) is 11.8 Å². The van der Waals surface area contributed by atoms with Gasteiger partial charge in [0.25, 0.3) is 5.91 Å². The molecular weight excluding hydrogens is 268 g/mol. The zero-order chi connectivity index (χ0) is 14.4. The van der Waals surface area contributed by atoms with Crippen LogP contribution in [0.2, 0.25) is 0 Å². The maximum atomic E-state index is 12.8. The van der Waals surface area contributed by atoms with Crippen molar-refractivity contribution in [2.24, 2.45) is 5.73 Å². The maximum Gasteiger partial charge on any atom is 0.265 e. The number of nitrogens with two attached hydrogens (primary N) is 1. The summed E-state index contributed by atoms with van der Waals surface area (Å²) in [5.74, 6) is 5.97. The molecule has 0 spiro atoms. The van der Waals surface area contributed by atoms with Gasteiger partial charge < -0.3 is 10.6 Å². The number of rotatable bonds is 3. The molecule has 108 valence electrons. The normalized spacial score (nSPS) is 15.5. The summed E-state index contributed by atoms with van der Waals surface area (Å²) >= 11 is 1.48. The third kappa shape index (κ3) is 3.41. The molecule has 20 heavy (non-hydrogen) atoms. The summed E-state index contributed by atoms with van der Waals surface area (Å²) in [6.07, 6.45) is 6.04. The SMILES string of the molecule is CCN(C(=O)c1sccc1C#CCN)C1CCCCC1. The average Bonchev–Trinajstić information content (AvgIpc) is 2.95. The fourth-order valence-corrected chi connectivity index (χ4v) is 3.61. The lowest BCUT2D eigenvalue weighted by atomic mass is 9.94. The van der Waals surface area contributed by atoms with E-state index in [1.807, 2.05) is 16.3 Å². The van der Waals surface area contributed by atoms with E-state index in [2.05, 4.69) is 18.8 Å². The van der Waals surface area contributed by atoms with Gasteiger partial charge in [-0.05, 0) is 31.2 Å². The third-order valence-corrected chi connectivity index (χ3v) is 4.70. The Kier molecular flexibility index (Phi) is 5.63. The van der Waals surface area contributed by atoms with Crippen LogP contribution in [0.1, 0.15) is 54.3 Å². The number of carbonyl (C=O) groups excluding carboxylic acids is 1. The van der Waals surface area contributed by atoms with Crippen molar-refractivity contribution in [2.75, 3.05) is 13.1 Å². The van der Waals surface area contributed by atoms with Gasteiger partial charge in [0.15, 0.2) is 0 Å². The molecule has 4 heteroatoms. The monoisotopic (exact) mass is 290 g/mol. The van der Waals surface area contributed by atoms with Crippen LogP contribution in [-0.2, 0) is 0 Å². The topological polar surface area (TPSA) is 46.3 Å². The molecule has 2 N–H and O–H groups in total. The molecule has 1 aromatic heterocycles. The Morgan fingerprint density at radius 1 is 1.45 bits per heavy atom. The number of nitrogens with zero attached hydrogens (tertiary/aromatic N) is 1. The Hall–Kier alpha value is -1.31. The molecule has 1 aliphatic rings. The average molecular weight is 290 g/mol. The molecule has 0 aromatic carbocycles. The molecule has 0 aliphatic heterocycles. The van der Waals surface area contributed by atoms with Crippen LogP contribution in [0.3, 0.4) is 0 Å². The van der Waals surface area contributed by atoms with Crippen molar-refractivity contribution in [1.29, 1.82) is 0 Å². The number of carbonyl (C=O) groups is 1. The van der Waals surface area contributed by atoms with Gasteiger partial charge in [0, 0.05) is 18.2 Å². The summed E-state index contributed by atoms with van der Waals surface area (Å²) in [6, 6.07) is 2.31. The number of hydrogen-bond acceptors (Lipinski definition) is 3. The molecule has 1 heterocycles. The van der Waals surface area contributed by atoms with Crippen molar-refractivity contribution < 1.29 is 4.79 Å². The van der Waals surface area contributed by atoms with Crippen molar-refractivity contribution in [3.63, 3.8) is 0 Å². The van der Waals surface area contributed by atoms with Gasteiger partial charge in [0.2, 0.25) is 0 Å². The standard InChI is InChI=1S/C16H22N2OS/c1-2-18(14-8-4-3-5-9-14)16(19)15-13(7-6-11-17)10-12-20-15/h10,12,14H,2-5,8-9,11,17H2,1H3. The molecule has 3 nitrogen and oxygen atoms in total. The van der Waals surface area contributed by atoms with E-state index in [4.69, 9.17) is 5.73 Å². The van der Waals surface area contributed by atoms with Gasteiger partial charge in [-0.1, -0.05) is 31.1 Å². The third-order valence-electron chi connectivity index (χ3n) is 3.80. The quantitative estimate of drug-likeness (QED) is 0.870. The first kappa shape index (κ1) is 15.1. The van der Waals surface area contributed by atoms with E-state index >= 15 is 0 Å². The molecule has 1 fully saturated rings. The van der Waals surface area contributed by atoms with Gasteiger partial charge >= 0.3 is 0 Å². The van der Waals surface area contributed by atoms with E-state index in [0.717, 1.165) is 29.8 Å². The highest BCUT2D eigenvalue weighted by Gasteiger charge is 2.26. The Bertz CT molecular complexity index is 506. The van der Waals surface area contributed by atoms with Gasteiger partial charge in [-0.25, -0.2) is 0 Å². The predicted octanol–water partition coefficient (Wildman–Crippen LogP) is 2.85. The van der Waals surface area contributed by atoms with Gasteiger partial charge in [-0.2, -0.15) is 0 Å². The first-order valence-corrected chi connectivity index (χ1v) is 8.23. The van der Waals surface area contributed by atoms with Gasteiger partial charge in [0.1, 0.15) is 4.88 Å². The molecular formula is C16H22N2OS. The molecule has 1 aliphatic carbocycles. The summed E-state index contributed by atoms with van der Waals surface area (Å²) in [7, 11) is 0. The highest BCUT2D eigenvalue weighted by molar-refractivity contribution is 7.12. The molecule has 1 aromatic rings. The Labute approximate surface area is 125 Å². The fraction of sp³-hybridized carbons (Fsp3) is 0.562.